The maximum atomic E-state index is 12.4. The Balaban J connectivity index is 2.19. The van der Waals surface area contributed by atoms with Crippen LogP contribution in [0.25, 0.3) is 0 Å². The molecule has 0 radical (unpaired) electrons. The van der Waals surface area contributed by atoms with Crippen molar-refractivity contribution in [2.45, 2.75) is 45.1 Å². The van der Waals surface area contributed by atoms with Crippen LogP contribution < -0.4 is 4.87 Å². The summed E-state index contributed by atoms with van der Waals surface area (Å²) in [5.74, 6) is 0.00194. The Morgan fingerprint density at radius 2 is 1.94 bits per heavy atom. The van der Waals surface area contributed by atoms with Gasteiger partial charge in [-0.05, 0) is 19.8 Å². The maximum absolute atomic E-state index is 12.4. The minimum atomic E-state index is -0.0621. The minimum absolute atomic E-state index is 0.00194. The van der Waals surface area contributed by atoms with E-state index in [1.165, 1.54) is 19.3 Å². The predicted molar refractivity (Wildman–Crippen MR) is 73.3 cm³/mol. The van der Waals surface area contributed by atoms with Crippen molar-refractivity contribution in [3.63, 3.8) is 0 Å². The van der Waals surface area contributed by atoms with Crippen molar-refractivity contribution in [3.8, 4) is 0 Å². The van der Waals surface area contributed by atoms with Crippen LogP contribution in [0.5, 0.6) is 0 Å². The molecule has 1 saturated carbocycles. The quantitative estimate of drug-likeness (QED) is 0.825. The van der Waals surface area contributed by atoms with Crippen LogP contribution in [-0.2, 0) is 7.05 Å². The van der Waals surface area contributed by atoms with Crippen LogP contribution in [0.3, 0.4) is 0 Å². The third kappa shape index (κ3) is 2.36. The Morgan fingerprint density at radius 3 is 2.44 bits per heavy atom. The number of aromatic nitrogens is 1. The van der Waals surface area contributed by atoms with E-state index in [1.54, 1.807) is 11.6 Å². The highest BCUT2D eigenvalue weighted by atomic mass is 32.1. The molecule has 1 aliphatic carbocycles. The first-order valence-electron chi connectivity index (χ1n) is 6.46. The fraction of sp³-hybridized carbons (Fsp3) is 0.692. The van der Waals surface area contributed by atoms with Gasteiger partial charge in [0.1, 0.15) is 4.88 Å². The summed E-state index contributed by atoms with van der Waals surface area (Å²) in [6.07, 6.45) is 5.85. The Bertz CT molecular complexity index is 498. The van der Waals surface area contributed by atoms with Crippen molar-refractivity contribution >= 4 is 17.2 Å². The lowest BCUT2D eigenvalue weighted by Gasteiger charge is -2.31. The Morgan fingerprint density at radius 1 is 1.33 bits per heavy atom. The summed E-state index contributed by atoms with van der Waals surface area (Å²) in [7, 11) is 3.58. The molecule has 0 atom stereocenters. The average molecular weight is 268 g/mol. The number of carbonyl (C=O) groups excluding carboxylic acids is 1. The normalized spacial score (nSPS) is 16.8. The van der Waals surface area contributed by atoms with Crippen molar-refractivity contribution in [2.75, 3.05) is 7.05 Å². The van der Waals surface area contributed by atoms with Crippen LogP contribution in [0.1, 0.15) is 47.5 Å². The van der Waals surface area contributed by atoms with Crippen LogP contribution in [0, 0.1) is 6.92 Å². The minimum Gasteiger partial charge on any atom is -0.338 e. The predicted octanol–water partition coefficient (Wildman–Crippen LogP) is 2.16. The largest absolute Gasteiger partial charge is 0.338 e. The molecule has 4 nitrogen and oxygen atoms in total. The molecule has 0 aliphatic heterocycles. The molecule has 5 heteroatoms. The third-order valence-corrected chi connectivity index (χ3v) is 5.05. The van der Waals surface area contributed by atoms with E-state index >= 15 is 0 Å². The zero-order valence-corrected chi connectivity index (χ0v) is 12.0. The van der Waals surface area contributed by atoms with Gasteiger partial charge in [0, 0.05) is 25.8 Å². The van der Waals surface area contributed by atoms with Crippen molar-refractivity contribution < 1.29 is 4.79 Å². The molecule has 1 heterocycles. The lowest BCUT2D eigenvalue weighted by Crippen LogP contribution is -2.38. The topological polar surface area (TPSA) is 42.3 Å². The SMILES string of the molecule is Cc1c(C(=O)N(C)C2CCCCC2)sc(=O)n1C. The van der Waals surface area contributed by atoms with Gasteiger partial charge in [0.2, 0.25) is 0 Å². The summed E-state index contributed by atoms with van der Waals surface area (Å²) >= 11 is 1.06. The zero-order chi connectivity index (χ0) is 13.3. The van der Waals surface area contributed by atoms with Gasteiger partial charge in [-0.15, -0.1) is 0 Å². The first-order chi connectivity index (χ1) is 8.52. The number of hydrogen-bond donors (Lipinski definition) is 0. The number of nitrogens with zero attached hydrogens (tertiary/aromatic N) is 2. The molecule has 18 heavy (non-hydrogen) atoms. The summed E-state index contributed by atoms with van der Waals surface area (Å²) in [5.41, 5.74) is 0.776. The van der Waals surface area contributed by atoms with Crippen LogP contribution in [0.4, 0.5) is 0 Å². The van der Waals surface area contributed by atoms with E-state index in [0.29, 0.717) is 10.9 Å². The molecule has 1 aromatic rings. The fourth-order valence-corrected chi connectivity index (χ4v) is 3.48. The van der Waals surface area contributed by atoms with Gasteiger partial charge < -0.3 is 9.47 Å². The number of hydrogen-bond acceptors (Lipinski definition) is 3. The zero-order valence-electron chi connectivity index (χ0n) is 11.2. The van der Waals surface area contributed by atoms with Gasteiger partial charge in [-0.3, -0.25) is 9.59 Å². The van der Waals surface area contributed by atoms with E-state index in [1.807, 2.05) is 18.9 Å². The molecule has 0 saturated heterocycles. The Kier molecular flexibility index (Phi) is 3.90. The van der Waals surface area contributed by atoms with Crippen molar-refractivity contribution in [2.24, 2.45) is 7.05 Å². The van der Waals surface area contributed by atoms with Gasteiger partial charge in [-0.25, -0.2) is 0 Å². The number of rotatable bonds is 2. The van der Waals surface area contributed by atoms with Gasteiger partial charge in [0.05, 0.1) is 0 Å². The molecule has 0 bridgehead atoms. The number of thiazole rings is 1. The Hall–Kier alpha value is -1.10. The first-order valence-corrected chi connectivity index (χ1v) is 7.27. The summed E-state index contributed by atoms with van der Waals surface area (Å²) in [6, 6.07) is 0.341. The van der Waals surface area contributed by atoms with E-state index in [9.17, 15) is 9.59 Å². The molecule has 1 fully saturated rings. The van der Waals surface area contributed by atoms with Gasteiger partial charge in [0.25, 0.3) is 5.91 Å². The standard InChI is InChI=1S/C13H20N2O2S/c1-9-11(18-13(17)14(9)2)12(16)15(3)10-7-5-4-6-8-10/h10H,4-8H2,1-3H3. The average Bonchev–Trinajstić information content (AvgIpc) is 2.66. The van der Waals surface area contributed by atoms with E-state index < -0.39 is 0 Å². The summed E-state index contributed by atoms with van der Waals surface area (Å²) in [5, 5.41) is 0. The number of amides is 1. The fourth-order valence-electron chi connectivity index (χ4n) is 2.51. The van der Waals surface area contributed by atoms with E-state index in [-0.39, 0.29) is 10.8 Å². The second kappa shape index (κ2) is 5.26. The number of carbonyl (C=O) groups is 1. The molecule has 0 aromatic carbocycles. The second-order valence-electron chi connectivity index (χ2n) is 5.05. The monoisotopic (exact) mass is 268 g/mol. The van der Waals surface area contributed by atoms with Gasteiger partial charge in [0.15, 0.2) is 0 Å². The van der Waals surface area contributed by atoms with Crippen LogP contribution >= 0.6 is 11.3 Å². The smallest absolute Gasteiger partial charge is 0.307 e. The van der Waals surface area contributed by atoms with Crippen LogP contribution in [0.15, 0.2) is 4.79 Å². The van der Waals surface area contributed by atoms with Gasteiger partial charge in [-0.2, -0.15) is 0 Å². The van der Waals surface area contributed by atoms with Crippen molar-refractivity contribution in [1.82, 2.24) is 9.47 Å². The third-order valence-electron chi connectivity index (χ3n) is 3.93. The molecule has 0 spiro atoms. The lowest BCUT2D eigenvalue weighted by atomic mass is 9.94. The molecule has 2 rings (SSSR count). The summed E-state index contributed by atoms with van der Waals surface area (Å²) in [6.45, 7) is 1.83. The summed E-state index contributed by atoms with van der Waals surface area (Å²) < 4.78 is 1.55. The highest BCUT2D eigenvalue weighted by Gasteiger charge is 2.26. The second-order valence-corrected chi connectivity index (χ2v) is 6.01. The summed E-state index contributed by atoms with van der Waals surface area (Å²) in [4.78, 5) is 26.4. The molecule has 1 aromatic heterocycles. The Labute approximate surface area is 111 Å². The molecular formula is C13H20N2O2S. The molecule has 0 N–H and O–H groups in total. The van der Waals surface area contributed by atoms with Crippen molar-refractivity contribution in [1.29, 1.82) is 0 Å². The lowest BCUT2D eigenvalue weighted by molar-refractivity contribution is 0.0700. The van der Waals surface area contributed by atoms with E-state index in [2.05, 4.69) is 0 Å². The van der Waals surface area contributed by atoms with Gasteiger partial charge >= 0.3 is 4.87 Å². The van der Waals surface area contributed by atoms with Crippen LogP contribution in [-0.4, -0.2) is 28.5 Å². The van der Waals surface area contributed by atoms with Gasteiger partial charge in [-0.1, -0.05) is 30.6 Å². The molecular weight excluding hydrogens is 248 g/mol. The molecule has 100 valence electrons. The maximum Gasteiger partial charge on any atom is 0.307 e. The van der Waals surface area contributed by atoms with Crippen LogP contribution in [0.2, 0.25) is 0 Å². The molecule has 1 aliphatic rings. The molecule has 1 amide bonds. The highest BCUT2D eigenvalue weighted by molar-refractivity contribution is 7.11. The molecule has 0 unspecified atom stereocenters. The van der Waals surface area contributed by atoms with Crippen molar-refractivity contribution in [3.05, 3.63) is 20.2 Å². The van der Waals surface area contributed by atoms with E-state index in [0.717, 1.165) is 29.9 Å². The first kappa shape index (κ1) is 13.3. The highest BCUT2D eigenvalue weighted by Crippen LogP contribution is 2.24. The van der Waals surface area contributed by atoms with E-state index in [4.69, 9.17) is 0 Å².